The smallest absolute Gasteiger partial charge is 0.286 e. The third-order valence-corrected chi connectivity index (χ3v) is 2.85. The molecule has 1 aliphatic rings. The van der Waals surface area contributed by atoms with Crippen molar-refractivity contribution in [2.75, 3.05) is 20.3 Å². The number of carbonyl (C=O) groups excluding carboxylic acids is 2. The van der Waals surface area contributed by atoms with E-state index < -0.39 is 0 Å². The van der Waals surface area contributed by atoms with Crippen molar-refractivity contribution < 1.29 is 18.7 Å². The Balaban J connectivity index is 1.84. The molecule has 18 heavy (non-hydrogen) atoms. The SMILES string of the molecule is CNC(=O)c1ccc(CNC(=O)[C@H]2CCOC2)o1. The van der Waals surface area contributed by atoms with Crippen LogP contribution in [0, 0.1) is 5.92 Å². The van der Waals surface area contributed by atoms with Gasteiger partial charge in [0.25, 0.3) is 5.91 Å². The maximum Gasteiger partial charge on any atom is 0.286 e. The molecular formula is C12H16N2O4. The van der Waals surface area contributed by atoms with Crippen LogP contribution in [0.15, 0.2) is 16.5 Å². The van der Waals surface area contributed by atoms with Gasteiger partial charge in [-0.15, -0.1) is 0 Å². The second-order valence-corrected chi connectivity index (χ2v) is 4.12. The molecule has 1 fully saturated rings. The number of hydrogen-bond acceptors (Lipinski definition) is 4. The molecule has 2 heterocycles. The molecule has 98 valence electrons. The van der Waals surface area contributed by atoms with E-state index >= 15 is 0 Å². The highest BCUT2D eigenvalue weighted by Gasteiger charge is 2.23. The second kappa shape index (κ2) is 5.68. The third-order valence-electron chi connectivity index (χ3n) is 2.85. The summed E-state index contributed by atoms with van der Waals surface area (Å²) in [5.41, 5.74) is 0. The Bertz CT molecular complexity index is 435. The molecule has 0 unspecified atom stereocenters. The average molecular weight is 252 g/mol. The van der Waals surface area contributed by atoms with Crippen LogP contribution in [-0.4, -0.2) is 32.1 Å². The van der Waals surface area contributed by atoms with Crippen LogP contribution in [0.3, 0.4) is 0 Å². The predicted molar refractivity (Wildman–Crippen MR) is 62.9 cm³/mol. The van der Waals surface area contributed by atoms with Gasteiger partial charge in [0, 0.05) is 13.7 Å². The van der Waals surface area contributed by atoms with Crippen molar-refractivity contribution in [1.29, 1.82) is 0 Å². The highest BCUT2D eigenvalue weighted by atomic mass is 16.5. The number of nitrogens with one attached hydrogen (secondary N) is 2. The molecule has 2 rings (SSSR count). The maximum atomic E-state index is 11.7. The summed E-state index contributed by atoms with van der Waals surface area (Å²) in [7, 11) is 1.53. The average Bonchev–Trinajstić information content (AvgIpc) is 3.05. The zero-order valence-corrected chi connectivity index (χ0v) is 10.2. The lowest BCUT2D eigenvalue weighted by Crippen LogP contribution is -2.30. The van der Waals surface area contributed by atoms with E-state index in [0.29, 0.717) is 19.0 Å². The fourth-order valence-corrected chi connectivity index (χ4v) is 1.78. The maximum absolute atomic E-state index is 11.7. The molecule has 0 spiro atoms. The van der Waals surface area contributed by atoms with Crippen LogP contribution >= 0.6 is 0 Å². The monoisotopic (exact) mass is 252 g/mol. The van der Waals surface area contributed by atoms with Gasteiger partial charge in [0.1, 0.15) is 5.76 Å². The minimum absolute atomic E-state index is 0.0367. The Morgan fingerprint density at radius 2 is 2.28 bits per heavy atom. The molecule has 0 saturated carbocycles. The number of hydrogen-bond donors (Lipinski definition) is 2. The van der Waals surface area contributed by atoms with Crippen LogP contribution in [0.25, 0.3) is 0 Å². The summed E-state index contributed by atoms with van der Waals surface area (Å²) in [5.74, 6) is 0.410. The van der Waals surface area contributed by atoms with Gasteiger partial charge in [0.05, 0.1) is 19.1 Å². The molecule has 1 aliphatic heterocycles. The molecule has 0 aromatic carbocycles. The Kier molecular flexibility index (Phi) is 3.99. The van der Waals surface area contributed by atoms with Gasteiger partial charge in [-0.1, -0.05) is 0 Å². The van der Waals surface area contributed by atoms with E-state index in [2.05, 4.69) is 10.6 Å². The highest BCUT2D eigenvalue weighted by molar-refractivity contribution is 5.91. The standard InChI is InChI=1S/C12H16N2O4/c1-13-12(16)10-3-2-9(18-10)6-14-11(15)8-4-5-17-7-8/h2-3,8H,4-7H2,1H3,(H,13,16)(H,14,15)/t8-/m0/s1. The lowest BCUT2D eigenvalue weighted by molar-refractivity contribution is -0.125. The largest absolute Gasteiger partial charge is 0.454 e. The first kappa shape index (κ1) is 12.6. The molecule has 0 aliphatic carbocycles. The van der Waals surface area contributed by atoms with Gasteiger partial charge in [-0.2, -0.15) is 0 Å². The van der Waals surface area contributed by atoms with E-state index in [1.807, 2.05) is 0 Å². The molecule has 1 aromatic rings. The summed E-state index contributed by atoms with van der Waals surface area (Å²) in [6.07, 6.45) is 0.757. The topological polar surface area (TPSA) is 80.6 Å². The molecule has 1 aromatic heterocycles. The predicted octanol–water partition coefficient (Wildman–Crippen LogP) is 0.292. The second-order valence-electron chi connectivity index (χ2n) is 4.12. The fourth-order valence-electron chi connectivity index (χ4n) is 1.78. The summed E-state index contributed by atoms with van der Waals surface area (Å²) >= 11 is 0. The minimum Gasteiger partial charge on any atom is -0.454 e. The van der Waals surface area contributed by atoms with Gasteiger partial charge >= 0.3 is 0 Å². The molecule has 6 heteroatoms. The Morgan fingerprint density at radius 1 is 1.44 bits per heavy atom. The Labute approximate surface area is 105 Å². The zero-order valence-electron chi connectivity index (χ0n) is 10.2. The number of carbonyl (C=O) groups is 2. The first-order chi connectivity index (χ1) is 8.70. The van der Waals surface area contributed by atoms with Crippen molar-refractivity contribution in [1.82, 2.24) is 10.6 Å². The molecule has 1 saturated heterocycles. The molecule has 2 amide bonds. The number of rotatable bonds is 4. The van der Waals surface area contributed by atoms with Crippen molar-refractivity contribution in [3.8, 4) is 0 Å². The fraction of sp³-hybridized carbons (Fsp3) is 0.500. The summed E-state index contributed by atoms with van der Waals surface area (Å²) in [6, 6.07) is 3.26. The van der Waals surface area contributed by atoms with Crippen molar-refractivity contribution >= 4 is 11.8 Å². The van der Waals surface area contributed by atoms with E-state index in [4.69, 9.17) is 9.15 Å². The zero-order chi connectivity index (χ0) is 13.0. The first-order valence-electron chi connectivity index (χ1n) is 5.87. The number of ether oxygens (including phenoxy) is 1. The highest BCUT2D eigenvalue weighted by Crippen LogP contribution is 2.13. The summed E-state index contributed by atoms with van der Waals surface area (Å²) in [4.78, 5) is 23.0. The normalized spacial score (nSPS) is 18.6. The summed E-state index contributed by atoms with van der Waals surface area (Å²) in [5, 5.41) is 5.23. The lowest BCUT2D eigenvalue weighted by Gasteiger charge is -2.07. The molecule has 2 N–H and O–H groups in total. The van der Waals surface area contributed by atoms with Crippen molar-refractivity contribution in [3.63, 3.8) is 0 Å². The van der Waals surface area contributed by atoms with Crippen molar-refractivity contribution in [2.45, 2.75) is 13.0 Å². The van der Waals surface area contributed by atoms with Gasteiger partial charge in [0.15, 0.2) is 5.76 Å². The van der Waals surface area contributed by atoms with Crippen LogP contribution < -0.4 is 10.6 Å². The molecular weight excluding hydrogens is 236 g/mol. The lowest BCUT2D eigenvalue weighted by atomic mass is 10.1. The van der Waals surface area contributed by atoms with Crippen LogP contribution in [0.1, 0.15) is 22.7 Å². The first-order valence-corrected chi connectivity index (χ1v) is 5.87. The molecule has 6 nitrogen and oxygen atoms in total. The van der Waals surface area contributed by atoms with Crippen molar-refractivity contribution in [3.05, 3.63) is 23.7 Å². The third kappa shape index (κ3) is 2.89. The minimum atomic E-state index is -0.281. The van der Waals surface area contributed by atoms with Crippen LogP contribution in [0.5, 0.6) is 0 Å². The Hall–Kier alpha value is -1.82. The van der Waals surface area contributed by atoms with E-state index in [1.165, 1.54) is 7.05 Å². The van der Waals surface area contributed by atoms with Crippen LogP contribution in [0.4, 0.5) is 0 Å². The van der Waals surface area contributed by atoms with E-state index in [-0.39, 0.29) is 30.0 Å². The van der Waals surface area contributed by atoms with Gasteiger partial charge in [-0.05, 0) is 18.6 Å². The van der Waals surface area contributed by atoms with Crippen LogP contribution in [-0.2, 0) is 16.1 Å². The molecule has 1 atom stereocenters. The van der Waals surface area contributed by atoms with Gasteiger partial charge in [0.2, 0.25) is 5.91 Å². The number of furan rings is 1. The Morgan fingerprint density at radius 3 is 2.94 bits per heavy atom. The van der Waals surface area contributed by atoms with Gasteiger partial charge < -0.3 is 19.8 Å². The summed E-state index contributed by atoms with van der Waals surface area (Å²) < 4.78 is 10.4. The quantitative estimate of drug-likeness (QED) is 0.807. The van der Waals surface area contributed by atoms with E-state index in [0.717, 1.165) is 6.42 Å². The van der Waals surface area contributed by atoms with Crippen LogP contribution in [0.2, 0.25) is 0 Å². The molecule has 0 radical (unpaired) electrons. The molecule has 0 bridgehead atoms. The summed E-state index contributed by atoms with van der Waals surface area (Å²) in [6.45, 7) is 1.40. The van der Waals surface area contributed by atoms with E-state index in [9.17, 15) is 9.59 Å². The van der Waals surface area contributed by atoms with E-state index in [1.54, 1.807) is 12.1 Å². The van der Waals surface area contributed by atoms with Gasteiger partial charge in [-0.3, -0.25) is 9.59 Å². The van der Waals surface area contributed by atoms with Gasteiger partial charge in [-0.25, -0.2) is 0 Å². The van der Waals surface area contributed by atoms with Crippen molar-refractivity contribution in [2.24, 2.45) is 5.92 Å². The number of amides is 2.